The lowest BCUT2D eigenvalue weighted by atomic mass is 11.8. The van der Waals surface area contributed by atoms with Crippen molar-refractivity contribution in [1.82, 2.24) is 3.90 Å². The van der Waals surface area contributed by atoms with Gasteiger partial charge in [-0.15, -0.1) is 0 Å². The van der Waals surface area contributed by atoms with Crippen molar-refractivity contribution in [3.63, 3.8) is 0 Å². The molecule has 11 heavy (non-hydrogen) atoms. The number of nitrogens with zero attached hydrogens (tertiary/aromatic N) is 1. The first kappa shape index (κ1) is 9.70. The molecule has 0 aromatic rings. The summed E-state index contributed by atoms with van der Waals surface area (Å²) >= 11 is 0. The predicted octanol–water partition coefficient (Wildman–Crippen LogP) is 2.63. The fraction of sp³-hybridized carbons (Fsp3) is 1.00. The summed E-state index contributed by atoms with van der Waals surface area (Å²) in [6.07, 6.45) is 0. The summed E-state index contributed by atoms with van der Waals surface area (Å²) in [6.45, 7) is 17.7. The second kappa shape index (κ2) is 2.10. The van der Waals surface area contributed by atoms with Crippen LogP contribution in [0.15, 0.2) is 0 Å². The molecule has 0 radical (unpaired) electrons. The van der Waals surface area contributed by atoms with Crippen LogP contribution in [0.3, 0.4) is 0 Å². The highest BCUT2D eigenvalue weighted by molar-refractivity contribution is 7.57. The predicted molar refractivity (Wildman–Crippen MR) is 60.1 cm³/mol. The van der Waals surface area contributed by atoms with E-state index in [1.807, 2.05) is 0 Å². The first-order valence-electron chi connectivity index (χ1n) is 4.42. The van der Waals surface area contributed by atoms with E-state index >= 15 is 0 Å². The summed E-state index contributed by atoms with van der Waals surface area (Å²) in [6, 6.07) is 0. The first-order valence-corrected chi connectivity index (χ1v) is 14.8. The zero-order chi connectivity index (χ0) is 9.08. The van der Waals surface area contributed by atoms with Crippen molar-refractivity contribution in [3.05, 3.63) is 0 Å². The van der Waals surface area contributed by atoms with Gasteiger partial charge in [0.1, 0.15) is 23.7 Å². The SMILES string of the molecule is C[Si](C)(C)N1[Si](C)(C)[Si]1(C)C. The molecule has 1 saturated heterocycles. The molecule has 0 atom stereocenters. The lowest BCUT2D eigenvalue weighted by molar-refractivity contribution is 1.05. The van der Waals surface area contributed by atoms with Crippen molar-refractivity contribution in [2.75, 3.05) is 0 Å². The van der Waals surface area contributed by atoms with Crippen molar-refractivity contribution < 1.29 is 0 Å². The van der Waals surface area contributed by atoms with Gasteiger partial charge in [-0.1, -0.05) is 45.8 Å². The van der Waals surface area contributed by atoms with Crippen LogP contribution in [0.4, 0.5) is 0 Å². The highest BCUT2D eigenvalue weighted by Crippen LogP contribution is 2.46. The van der Waals surface area contributed by atoms with Crippen LogP contribution in [0.1, 0.15) is 0 Å². The van der Waals surface area contributed by atoms with Gasteiger partial charge in [0.05, 0.1) is 0 Å². The monoisotopic (exact) mass is 203 g/mol. The Morgan fingerprint density at radius 3 is 1.09 bits per heavy atom. The molecule has 0 amide bonds. The molecular formula is C7H21NSi3. The van der Waals surface area contributed by atoms with Crippen molar-refractivity contribution in [2.24, 2.45) is 0 Å². The largest absolute Gasteiger partial charge is 0.370 e. The van der Waals surface area contributed by atoms with Gasteiger partial charge < -0.3 is 3.90 Å². The van der Waals surface area contributed by atoms with Crippen LogP contribution in [0.25, 0.3) is 0 Å². The van der Waals surface area contributed by atoms with Crippen LogP contribution in [0, 0.1) is 0 Å². The molecule has 0 saturated carbocycles. The van der Waals surface area contributed by atoms with Crippen LogP contribution < -0.4 is 0 Å². The van der Waals surface area contributed by atoms with E-state index in [2.05, 4.69) is 49.7 Å². The van der Waals surface area contributed by atoms with Gasteiger partial charge in [0.15, 0.2) is 0 Å². The summed E-state index contributed by atoms with van der Waals surface area (Å²) < 4.78 is 2.98. The smallest absolute Gasteiger partial charge is 0.115 e. The van der Waals surface area contributed by atoms with Gasteiger partial charge in [-0.2, -0.15) is 0 Å². The Labute approximate surface area is 73.9 Å². The topological polar surface area (TPSA) is 3.01 Å². The Morgan fingerprint density at radius 2 is 1.09 bits per heavy atom. The second-order valence-electron chi connectivity index (χ2n) is 5.62. The Kier molecular flexibility index (Phi) is 1.85. The molecule has 4 heteroatoms. The van der Waals surface area contributed by atoms with E-state index in [1.165, 1.54) is 0 Å². The lowest BCUT2D eigenvalue weighted by Gasteiger charge is -2.23. The molecule has 0 aliphatic carbocycles. The molecule has 1 aliphatic rings. The molecule has 0 unspecified atom stereocenters. The third-order valence-corrected chi connectivity index (χ3v) is 31.1. The summed E-state index contributed by atoms with van der Waals surface area (Å²) in [4.78, 5) is 0. The minimum atomic E-state index is -0.938. The molecule has 1 nitrogen and oxygen atoms in total. The molecule has 1 rings (SSSR count). The molecule has 1 aliphatic heterocycles. The molecule has 66 valence electrons. The van der Waals surface area contributed by atoms with Gasteiger partial charge in [0.25, 0.3) is 0 Å². The van der Waals surface area contributed by atoms with Crippen LogP contribution in [-0.2, 0) is 0 Å². The highest BCUT2D eigenvalue weighted by Gasteiger charge is 2.69. The molecule has 1 fully saturated rings. The number of rotatable bonds is 1. The van der Waals surface area contributed by atoms with E-state index in [-0.39, 0.29) is 0 Å². The summed E-state index contributed by atoms with van der Waals surface area (Å²) in [7, 11) is -2.58. The minimum absolute atomic E-state index is 0.820. The Balaban J connectivity index is 2.84. The van der Waals surface area contributed by atoms with Gasteiger partial charge in [-0.3, -0.25) is 0 Å². The molecule has 0 aromatic heterocycles. The van der Waals surface area contributed by atoms with E-state index in [4.69, 9.17) is 0 Å². The third kappa shape index (κ3) is 1.20. The molecule has 0 bridgehead atoms. The lowest BCUT2D eigenvalue weighted by Crippen LogP contribution is -2.38. The molecule has 0 aromatic carbocycles. The van der Waals surface area contributed by atoms with Crippen LogP contribution in [0.5, 0.6) is 0 Å². The van der Waals surface area contributed by atoms with Gasteiger partial charge in [-0.05, 0) is 0 Å². The highest BCUT2D eigenvalue weighted by atomic mass is 29.3. The minimum Gasteiger partial charge on any atom is -0.370 e. The van der Waals surface area contributed by atoms with Gasteiger partial charge in [0, 0.05) is 0 Å². The standard InChI is InChI=1S/C7H21NSi3/c1-9(2,3)8-10(4,5)11(8,6)7/h1-7H3. The Morgan fingerprint density at radius 1 is 0.818 bits per heavy atom. The quantitative estimate of drug-likeness (QED) is 0.468. The maximum Gasteiger partial charge on any atom is 0.115 e. The first-order chi connectivity index (χ1) is 4.62. The number of hydrogen-bond donors (Lipinski definition) is 0. The van der Waals surface area contributed by atoms with Gasteiger partial charge in [-0.25, -0.2) is 0 Å². The maximum absolute atomic E-state index is 2.98. The Bertz CT molecular complexity index is 167. The van der Waals surface area contributed by atoms with E-state index in [0.717, 1.165) is 0 Å². The van der Waals surface area contributed by atoms with Crippen molar-refractivity contribution in [1.29, 1.82) is 0 Å². The summed E-state index contributed by atoms with van der Waals surface area (Å²) in [5, 5.41) is 0. The van der Waals surface area contributed by atoms with Crippen LogP contribution >= 0.6 is 0 Å². The zero-order valence-electron chi connectivity index (χ0n) is 8.95. The van der Waals surface area contributed by atoms with E-state index < -0.39 is 23.7 Å². The Hall–Kier alpha value is 0.611. The average molecular weight is 204 g/mol. The number of hydrogen-bond acceptors (Lipinski definition) is 1. The summed E-state index contributed by atoms with van der Waals surface area (Å²) in [5.74, 6) is 0. The third-order valence-electron chi connectivity index (χ3n) is 3.24. The van der Waals surface area contributed by atoms with Crippen molar-refractivity contribution in [2.45, 2.75) is 45.8 Å². The van der Waals surface area contributed by atoms with Crippen LogP contribution in [0.2, 0.25) is 45.8 Å². The van der Waals surface area contributed by atoms with Gasteiger partial charge >= 0.3 is 0 Å². The van der Waals surface area contributed by atoms with Crippen molar-refractivity contribution in [3.8, 4) is 0 Å². The molecule has 1 heterocycles. The maximum atomic E-state index is 2.98. The fourth-order valence-electron chi connectivity index (χ4n) is 2.60. The van der Waals surface area contributed by atoms with Crippen LogP contribution in [-0.4, -0.2) is 27.6 Å². The molecular weight excluding hydrogens is 182 g/mol. The van der Waals surface area contributed by atoms with E-state index in [0.29, 0.717) is 0 Å². The van der Waals surface area contributed by atoms with Crippen molar-refractivity contribution >= 4 is 23.7 Å². The zero-order valence-corrected chi connectivity index (χ0v) is 11.9. The fourth-order valence-corrected chi connectivity index (χ4v) is 37.9. The molecule has 0 spiro atoms. The molecule has 0 N–H and O–H groups in total. The second-order valence-corrected chi connectivity index (χ2v) is 26.2. The normalized spacial score (nSPS) is 28.6. The summed E-state index contributed by atoms with van der Waals surface area (Å²) in [5.41, 5.74) is 0. The van der Waals surface area contributed by atoms with E-state index in [1.54, 1.807) is 0 Å². The van der Waals surface area contributed by atoms with Gasteiger partial charge in [0.2, 0.25) is 0 Å². The average Bonchev–Trinajstić information content (AvgIpc) is 1.93. The van der Waals surface area contributed by atoms with E-state index in [9.17, 15) is 0 Å².